The van der Waals surface area contributed by atoms with Gasteiger partial charge in [-0.1, -0.05) is 12.1 Å². The SMILES string of the molecule is CC(=O)N(CCC(=O)NCCCN(C)C)CCc1ccc(F)cc1. The lowest BCUT2D eigenvalue weighted by atomic mass is 10.1. The molecule has 134 valence electrons. The maximum atomic E-state index is 12.9. The van der Waals surface area contributed by atoms with Gasteiger partial charge in [-0.05, 0) is 51.2 Å². The summed E-state index contributed by atoms with van der Waals surface area (Å²) in [6.07, 6.45) is 1.84. The van der Waals surface area contributed by atoms with E-state index in [4.69, 9.17) is 0 Å². The molecule has 24 heavy (non-hydrogen) atoms. The van der Waals surface area contributed by atoms with Gasteiger partial charge in [0.05, 0.1) is 0 Å². The van der Waals surface area contributed by atoms with Crippen LogP contribution in [0.4, 0.5) is 4.39 Å². The molecule has 0 atom stereocenters. The summed E-state index contributed by atoms with van der Waals surface area (Å²) in [7, 11) is 3.99. The summed E-state index contributed by atoms with van der Waals surface area (Å²) in [6, 6.07) is 6.25. The van der Waals surface area contributed by atoms with Crippen LogP contribution >= 0.6 is 0 Å². The fourth-order valence-electron chi connectivity index (χ4n) is 2.29. The molecule has 0 radical (unpaired) electrons. The van der Waals surface area contributed by atoms with Crippen molar-refractivity contribution in [3.05, 3.63) is 35.6 Å². The summed E-state index contributed by atoms with van der Waals surface area (Å²) in [4.78, 5) is 27.2. The zero-order valence-corrected chi connectivity index (χ0v) is 14.8. The molecule has 1 N–H and O–H groups in total. The number of carbonyl (C=O) groups is 2. The molecule has 6 heteroatoms. The number of hydrogen-bond acceptors (Lipinski definition) is 3. The molecule has 0 saturated carbocycles. The molecule has 0 spiro atoms. The highest BCUT2D eigenvalue weighted by Gasteiger charge is 2.11. The molecule has 0 unspecified atom stereocenters. The minimum atomic E-state index is -0.270. The van der Waals surface area contributed by atoms with Gasteiger partial charge in [0.25, 0.3) is 0 Å². The molecular weight excluding hydrogens is 309 g/mol. The molecule has 0 fully saturated rings. The van der Waals surface area contributed by atoms with E-state index in [1.54, 1.807) is 17.0 Å². The Bertz CT molecular complexity index is 518. The van der Waals surface area contributed by atoms with E-state index in [-0.39, 0.29) is 17.6 Å². The number of carbonyl (C=O) groups excluding carboxylic acids is 2. The number of benzene rings is 1. The van der Waals surface area contributed by atoms with Crippen molar-refractivity contribution in [1.82, 2.24) is 15.1 Å². The van der Waals surface area contributed by atoms with Crippen molar-refractivity contribution in [2.75, 3.05) is 40.3 Å². The van der Waals surface area contributed by atoms with Crippen LogP contribution in [0.15, 0.2) is 24.3 Å². The quantitative estimate of drug-likeness (QED) is 0.661. The molecule has 1 aromatic rings. The average Bonchev–Trinajstić information content (AvgIpc) is 2.52. The zero-order chi connectivity index (χ0) is 17.9. The number of hydrogen-bond donors (Lipinski definition) is 1. The van der Waals surface area contributed by atoms with Crippen LogP contribution < -0.4 is 5.32 Å². The van der Waals surface area contributed by atoms with E-state index in [1.165, 1.54) is 19.1 Å². The lowest BCUT2D eigenvalue weighted by Gasteiger charge is -2.21. The zero-order valence-electron chi connectivity index (χ0n) is 14.8. The summed E-state index contributed by atoms with van der Waals surface area (Å²) < 4.78 is 12.9. The Balaban J connectivity index is 2.31. The standard InChI is InChI=1S/C18H28FN3O2/c1-15(23)22(13-9-16-5-7-17(19)8-6-16)14-10-18(24)20-11-4-12-21(2)3/h5-8H,4,9-14H2,1-3H3,(H,20,24). The van der Waals surface area contributed by atoms with E-state index in [1.807, 2.05) is 14.1 Å². The summed E-state index contributed by atoms with van der Waals surface area (Å²) in [5.74, 6) is -0.368. The second-order valence-electron chi connectivity index (χ2n) is 6.14. The second kappa shape index (κ2) is 10.8. The molecule has 0 saturated heterocycles. The van der Waals surface area contributed by atoms with Crippen molar-refractivity contribution in [1.29, 1.82) is 0 Å². The summed E-state index contributed by atoms with van der Waals surface area (Å²) in [5, 5.41) is 2.87. The lowest BCUT2D eigenvalue weighted by molar-refractivity contribution is -0.129. The fraction of sp³-hybridized carbons (Fsp3) is 0.556. The second-order valence-corrected chi connectivity index (χ2v) is 6.14. The normalized spacial score (nSPS) is 10.7. The van der Waals surface area contributed by atoms with Crippen LogP contribution in [0.25, 0.3) is 0 Å². The maximum Gasteiger partial charge on any atom is 0.221 e. The summed E-state index contributed by atoms with van der Waals surface area (Å²) in [5.41, 5.74) is 0.968. The van der Waals surface area contributed by atoms with E-state index < -0.39 is 0 Å². The predicted molar refractivity (Wildman–Crippen MR) is 93.2 cm³/mol. The van der Waals surface area contributed by atoms with Crippen LogP contribution in [0.2, 0.25) is 0 Å². The monoisotopic (exact) mass is 337 g/mol. The first kappa shape index (κ1) is 20.1. The first-order chi connectivity index (χ1) is 11.4. The molecule has 0 heterocycles. The molecule has 1 aromatic carbocycles. The van der Waals surface area contributed by atoms with Gasteiger partial charge in [-0.25, -0.2) is 4.39 Å². The number of halogens is 1. The van der Waals surface area contributed by atoms with Crippen molar-refractivity contribution in [3.8, 4) is 0 Å². The van der Waals surface area contributed by atoms with Gasteiger partial charge in [0, 0.05) is 33.0 Å². The third-order valence-corrected chi connectivity index (χ3v) is 3.74. The molecule has 0 aliphatic rings. The topological polar surface area (TPSA) is 52.7 Å². The first-order valence-corrected chi connectivity index (χ1v) is 8.30. The number of nitrogens with one attached hydrogen (secondary N) is 1. The van der Waals surface area contributed by atoms with E-state index in [9.17, 15) is 14.0 Å². The van der Waals surface area contributed by atoms with E-state index in [0.717, 1.165) is 18.5 Å². The van der Waals surface area contributed by atoms with Crippen LogP contribution in [0.3, 0.4) is 0 Å². The van der Waals surface area contributed by atoms with Crippen LogP contribution in [-0.4, -0.2) is 61.9 Å². The highest BCUT2D eigenvalue weighted by atomic mass is 19.1. The van der Waals surface area contributed by atoms with Gasteiger partial charge < -0.3 is 15.1 Å². The maximum absolute atomic E-state index is 12.9. The third kappa shape index (κ3) is 8.62. The van der Waals surface area contributed by atoms with Crippen molar-refractivity contribution in [2.24, 2.45) is 0 Å². The smallest absolute Gasteiger partial charge is 0.221 e. The van der Waals surface area contributed by atoms with E-state index in [2.05, 4.69) is 10.2 Å². The van der Waals surface area contributed by atoms with Crippen molar-refractivity contribution < 1.29 is 14.0 Å². The van der Waals surface area contributed by atoms with E-state index >= 15 is 0 Å². The highest BCUT2D eigenvalue weighted by molar-refractivity contribution is 5.77. The highest BCUT2D eigenvalue weighted by Crippen LogP contribution is 2.05. The Hall–Kier alpha value is -1.95. The molecule has 0 aliphatic heterocycles. The summed E-state index contributed by atoms with van der Waals surface area (Å²) >= 11 is 0. The molecule has 0 aromatic heterocycles. The van der Waals surface area contributed by atoms with Crippen molar-refractivity contribution >= 4 is 11.8 Å². The van der Waals surface area contributed by atoms with Crippen LogP contribution in [0, 0.1) is 5.82 Å². The predicted octanol–water partition coefficient (Wildman–Crippen LogP) is 1.67. The van der Waals surface area contributed by atoms with Crippen LogP contribution in [0.5, 0.6) is 0 Å². The lowest BCUT2D eigenvalue weighted by Crippen LogP contribution is -2.35. The van der Waals surface area contributed by atoms with Crippen LogP contribution in [0.1, 0.15) is 25.3 Å². The van der Waals surface area contributed by atoms with Gasteiger partial charge in [0.15, 0.2) is 0 Å². The Morgan fingerprint density at radius 2 is 1.75 bits per heavy atom. The Labute approximate surface area is 143 Å². The van der Waals surface area contributed by atoms with Crippen molar-refractivity contribution in [3.63, 3.8) is 0 Å². The Kier molecular flexibility index (Phi) is 9.01. The Morgan fingerprint density at radius 1 is 1.08 bits per heavy atom. The molecule has 0 bridgehead atoms. The largest absolute Gasteiger partial charge is 0.356 e. The molecular formula is C18H28FN3O2. The van der Waals surface area contributed by atoms with Crippen LogP contribution in [-0.2, 0) is 16.0 Å². The molecule has 5 nitrogen and oxygen atoms in total. The van der Waals surface area contributed by atoms with Gasteiger partial charge in [-0.15, -0.1) is 0 Å². The number of nitrogens with zero attached hydrogens (tertiary/aromatic N) is 2. The third-order valence-electron chi connectivity index (χ3n) is 3.74. The van der Waals surface area contributed by atoms with Gasteiger partial charge in [-0.3, -0.25) is 9.59 Å². The van der Waals surface area contributed by atoms with Gasteiger partial charge in [0.1, 0.15) is 5.82 Å². The number of amides is 2. The minimum Gasteiger partial charge on any atom is -0.356 e. The fourth-order valence-corrected chi connectivity index (χ4v) is 2.29. The first-order valence-electron chi connectivity index (χ1n) is 8.30. The molecule has 1 rings (SSSR count). The minimum absolute atomic E-state index is 0.0400. The van der Waals surface area contributed by atoms with E-state index in [0.29, 0.717) is 32.5 Å². The summed E-state index contributed by atoms with van der Waals surface area (Å²) in [6.45, 7) is 3.99. The van der Waals surface area contributed by atoms with Crippen molar-refractivity contribution in [2.45, 2.75) is 26.2 Å². The van der Waals surface area contributed by atoms with Gasteiger partial charge >= 0.3 is 0 Å². The van der Waals surface area contributed by atoms with Gasteiger partial charge in [0.2, 0.25) is 11.8 Å². The Morgan fingerprint density at radius 3 is 2.33 bits per heavy atom. The average molecular weight is 337 g/mol. The molecule has 0 aliphatic carbocycles. The van der Waals surface area contributed by atoms with Gasteiger partial charge in [-0.2, -0.15) is 0 Å². The number of rotatable bonds is 10. The molecule has 2 amide bonds.